The highest BCUT2D eigenvalue weighted by Gasteiger charge is 2.63. The van der Waals surface area contributed by atoms with Crippen LogP contribution in [0.2, 0.25) is 0 Å². The quantitative estimate of drug-likeness (QED) is 0.223. The highest BCUT2D eigenvalue weighted by molar-refractivity contribution is 5.89. The van der Waals surface area contributed by atoms with Crippen LogP contribution in [0, 0.1) is 11.8 Å². The fraction of sp³-hybridized carbons (Fsp3) is 0.630. The molecule has 10 atom stereocenters. The second-order valence-electron chi connectivity index (χ2n) is 10.4. The molecule has 0 spiro atoms. The van der Waals surface area contributed by atoms with Gasteiger partial charge in [0.15, 0.2) is 17.8 Å². The monoisotopic (exact) mass is 600 g/mol. The number of carbonyl (C=O) groups excluding carboxylic acids is 2. The van der Waals surface area contributed by atoms with Crippen LogP contribution in [0.5, 0.6) is 23.0 Å². The Morgan fingerprint density at radius 3 is 2.21 bits per heavy atom. The number of benzene rings is 1. The van der Waals surface area contributed by atoms with E-state index in [0.717, 1.165) is 6.26 Å². The zero-order valence-corrected chi connectivity index (χ0v) is 23.7. The molecule has 15 heteroatoms. The molecule has 1 saturated carbocycles. The Labute approximate surface area is 241 Å². The van der Waals surface area contributed by atoms with Gasteiger partial charge in [0.25, 0.3) is 0 Å². The Balaban J connectivity index is 1.74. The number of rotatable bonds is 9. The molecule has 3 aliphatic rings. The molecule has 0 unspecified atom stereocenters. The topological polar surface area (TPSA) is 209 Å². The summed E-state index contributed by atoms with van der Waals surface area (Å²) in [4.78, 5) is 25.2. The summed E-state index contributed by atoms with van der Waals surface area (Å²) in [7, 11) is 3.87. The molecule has 2 aliphatic heterocycles. The molecule has 0 aromatic heterocycles. The lowest BCUT2D eigenvalue weighted by Gasteiger charge is -2.44. The molecule has 1 aliphatic carbocycles. The van der Waals surface area contributed by atoms with Gasteiger partial charge in [-0.05, 0) is 6.92 Å². The second kappa shape index (κ2) is 12.5. The van der Waals surface area contributed by atoms with Crippen molar-refractivity contribution in [3.8, 4) is 23.0 Å². The molecule has 234 valence electrons. The molecule has 5 N–H and O–H groups in total. The molecule has 0 bridgehead atoms. The van der Waals surface area contributed by atoms with Crippen LogP contribution in [-0.2, 0) is 33.3 Å². The number of esters is 2. The minimum absolute atomic E-state index is 0.0135. The SMILES string of the molecule is COC(=O)C1=CO[C@@H](O[C@@H]2O[C@H](CO)[C@@H](O)[C@H](O)[C@H]2O)[C@H]2[C@@H]1[C@H](Oc1cc(OC)c(O)c(OC)c1)C[C@]2(C)OC(C)=O. The summed E-state index contributed by atoms with van der Waals surface area (Å²) >= 11 is 0. The highest BCUT2D eigenvalue weighted by Crippen LogP contribution is 2.53. The van der Waals surface area contributed by atoms with E-state index in [4.69, 9.17) is 37.9 Å². The Bertz CT molecular complexity index is 1160. The number of fused-ring (bicyclic) bond motifs is 1. The summed E-state index contributed by atoms with van der Waals surface area (Å²) < 4.78 is 44.7. The lowest BCUT2D eigenvalue weighted by atomic mass is 9.80. The summed E-state index contributed by atoms with van der Waals surface area (Å²) in [5.74, 6) is -3.21. The van der Waals surface area contributed by atoms with Crippen LogP contribution in [0.25, 0.3) is 0 Å². The van der Waals surface area contributed by atoms with Gasteiger partial charge in [-0.2, -0.15) is 0 Å². The average molecular weight is 601 g/mol. The van der Waals surface area contributed by atoms with Crippen LogP contribution in [0.1, 0.15) is 20.3 Å². The van der Waals surface area contributed by atoms with Gasteiger partial charge >= 0.3 is 11.9 Å². The molecule has 1 aromatic carbocycles. The lowest BCUT2D eigenvalue weighted by molar-refractivity contribution is -0.346. The fourth-order valence-electron chi connectivity index (χ4n) is 5.82. The van der Waals surface area contributed by atoms with Crippen LogP contribution in [0.3, 0.4) is 0 Å². The van der Waals surface area contributed by atoms with Crippen molar-refractivity contribution in [2.75, 3.05) is 27.9 Å². The van der Waals surface area contributed by atoms with Crippen molar-refractivity contribution in [2.45, 2.75) is 69.0 Å². The first-order valence-electron chi connectivity index (χ1n) is 13.1. The summed E-state index contributed by atoms with van der Waals surface area (Å²) in [5.41, 5.74) is -1.35. The van der Waals surface area contributed by atoms with E-state index in [9.17, 15) is 35.1 Å². The minimum Gasteiger partial charge on any atom is -0.502 e. The van der Waals surface area contributed by atoms with E-state index in [1.807, 2.05) is 0 Å². The molecule has 1 aromatic rings. The molecule has 4 rings (SSSR count). The first kappa shape index (κ1) is 31.6. The third kappa shape index (κ3) is 5.80. The summed E-state index contributed by atoms with van der Waals surface area (Å²) in [6, 6.07) is 2.83. The van der Waals surface area contributed by atoms with Crippen molar-refractivity contribution < 1.29 is 73.0 Å². The minimum atomic E-state index is -1.75. The van der Waals surface area contributed by atoms with Crippen molar-refractivity contribution in [3.05, 3.63) is 24.0 Å². The van der Waals surface area contributed by atoms with Gasteiger partial charge in [-0.3, -0.25) is 4.79 Å². The number of aliphatic hydroxyl groups excluding tert-OH is 4. The van der Waals surface area contributed by atoms with Gasteiger partial charge in [0.1, 0.15) is 41.9 Å². The largest absolute Gasteiger partial charge is 0.502 e. The Hall–Kier alpha value is -3.34. The Morgan fingerprint density at radius 1 is 1.02 bits per heavy atom. The van der Waals surface area contributed by atoms with Crippen molar-refractivity contribution >= 4 is 11.9 Å². The highest BCUT2D eigenvalue weighted by atomic mass is 16.8. The molecule has 15 nitrogen and oxygen atoms in total. The van der Waals surface area contributed by atoms with E-state index >= 15 is 0 Å². The normalized spacial score (nSPS) is 35.7. The molecule has 0 radical (unpaired) electrons. The number of hydrogen-bond acceptors (Lipinski definition) is 15. The molecule has 1 saturated heterocycles. The van der Waals surface area contributed by atoms with Crippen LogP contribution < -0.4 is 14.2 Å². The van der Waals surface area contributed by atoms with Gasteiger partial charge in [0.05, 0.1) is 45.7 Å². The number of hydrogen-bond donors (Lipinski definition) is 5. The predicted octanol–water partition coefficient (Wildman–Crippen LogP) is -0.656. The van der Waals surface area contributed by atoms with Crippen molar-refractivity contribution in [1.29, 1.82) is 0 Å². The molecule has 0 amide bonds. The van der Waals surface area contributed by atoms with E-state index in [1.54, 1.807) is 6.92 Å². The zero-order valence-electron chi connectivity index (χ0n) is 23.7. The smallest absolute Gasteiger partial charge is 0.337 e. The molecule has 2 fully saturated rings. The number of aromatic hydroxyl groups is 1. The van der Waals surface area contributed by atoms with Gasteiger partial charge in [-0.1, -0.05) is 0 Å². The van der Waals surface area contributed by atoms with Crippen molar-refractivity contribution in [2.24, 2.45) is 11.8 Å². The molecular formula is C27H36O15. The van der Waals surface area contributed by atoms with Gasteiger partial charge < -0.3 is 63.4 Å². The number of ether oxygens (including phenoxy) is 8. The zero-order chi connectivity index (χ0) is 30.9. The van der Waals surface area contributed by atoms with Gasteiger partial charge in [-0.15, -0.1) is 0 Å². The number of phenols is 1. The summed E-state index contributed by atoms with van der Waals surface area (Å²) in [6.07, 6.45) is -9.05. The van der Waals surface area contributed by atoms with Crippen molar-refractivity contribution in [3.63, 3.8) is 0 Å². The van der Waals surface area contributed by atoms with Crippen LogP contribution in [-0.4, -0.2) is 114 Å². The Morgan fingerprint density at radius 2 is 1.67 bits per heavy atom. The molecule has 2 heterocycles. The fourth-order valence-corrected chi connectivity index (χ4v) is 5.82. The van der Waals surface area contributed by atoms with E-state index in [0.29, 0.717) is 0 Å². The van der Waals surface area contributed by atoms with Crippen LogP contribution >= 0.6 is 0 Å². The standard InChI is InChI=1S/C27H36O15/c1-11(29)42-27(2)8-16(39-12-6-14(35-3)20(30)15(7-12)36-4)18-13(24(34)37-5)10-38-25(19(18)27)41-26-23(33)22(32)21(31)17(9-28)40-26/h6-7,10,16-19,21-23,25-26,28,30-33H,8-9H2,1-5H3/t16-,17-,18+,19-,21-,22+,23-,25+,26+,27+/m1/s1. The van der Waals surface area contributed by atoms with E-state index in [-0.39, 0.29) is 35.0 Å². The maximum absolute atomic E-state index is 12.9. The van der Waals surface area contributed by atoms with E-state index in [2.05, 4.69) is 0 Å². The maximum Gasteiger partial charge on any atom is 0.337 e. The van der Waals surface area contributed by atoms with Crippen molar-refractivity contribution in [1.82, 2.24) is 0 Å². The average Bonchev–Trinajstić information content (AvgIpc) is 3.24. The number of aliphatic hydroxyl groups is 4. The molecular weight excluding hydrogens is 564 g/mol. The number of methoxy groups -OCH3 is 3. The first-order valence-corrected chi connectivity index (χ1v) is 13.1. The first-order chi connectivity index (χ1) is 19.9. The third-order valence-corrected chi connectivity index (χ3v) is 7.74. The number of carbonyl (C=O) groups is 2. The third-order valence-electron chi connectivity index (χ3n) is 7.74. The van der Waals surface area contributed by atoms with E-state index < -0.39 is 79.1 Å². The number of phenolic OH excluding ortho intramolecular Hbond substituents is 1. The lowest BCUT2D eigenvalue weighted by Crippen LogP contribution is -2.61. The van der Waals surface area contributed by atoms with Gasteiger partial charge in [0.2, 0.25) is 12.0 Å². The van der Waals surface area contributed by atoms with Gasteiger partial charge in [0, 0.05) is 31.4 Å². The summed E-state index contributed by atoms with van der Waals surface area (Å²) in [5, 5.41) is 50.9. The molecule has 42 heavy (non-hydrogen) atoms. The van der Waals surface area contributed by atoms with E-state index in [1.165, 1.54) is 40.4 Å². The second-order valence-corrected chi connectivity index (χ2v) is 10.4. The Kier molecular flexibility index (Phi) is 9.39. The van der Waals surface area contributed by atoms with Crippen LogP contribution in [0.15, 0.2) is 24.0 Å². The summed E-state index contributed by atoms with van der Waals surface area (Å²) in [6.45, 7) is 2.12. The van der Waals surface area contributed by atoms with Gasteiger partial charge in [-0.25, -0.2) is 4.79 Å². The predicted molar refractivity (Wildman–Crippen MR) is 137 cm³/mol. The maximum atomic E-state index is 12.9. The van der Waals surface area contributed by atoms with Crippen LogP contribution in [0.4, 0.5) is 0 Å².